The number of fused-ring (bicyclic) bond motifs is 5. The number of carbonyl (C=O) groups excluding carboxylic acids is 1. The first-order valence-corrected chi connectivity index (χ1v) is 10.8. The molecule has 0 aromatic heterocycles. The van der Waals surface area contributed by atoms with Crippen LogP contribution in [0.1, 0.15) is 51.9 Å². The molecule has 0 bridgehead atoms. The van der Waals surface area contributed by atoms with Crippen molar-refractivity contribution in [1.29, 1.82) is 5.26 Å². The van der Waals surface area contributed by atoms with Gasteiger partial charge in [-0.05, 0) is 78.4 Å². The number of nitriles is 1. The van der Waals surface area contributed by atoms with E-state index in [1.165, 1.54) is 5.57 Å². The second kappa shape index (κ2) is 6.20. The maximum absolute atomic E-state index is 11.9. The van der Waals surface area contributed by atoms with E-state index in [-0.39, 0.29) is 17.1 Å². The molecule has 0 aromatic rings. The van der Waals surface area contributed by atoms with Crippen LogP contribution in [0.5, 0.6) is 0 Å². The van der Waals surface area contributed by atoms with Gasteiger partial charge < -0.3 is 5.11 Å². The molecule has 4 rings (SSSR count). The molecule has 0 heterocycles. The second-order valence-corrected chi connectivity index (χ2v) is 9.55. The van der Waals surface area contributed by atoms with Gasteiger partial charge in [-0.25, -0.2) is 0 Å². The monoisotopic (exact) mass is 451 g/mol. The fourth-order valence-corrected chi connectivity index (χ4v) is 7.39. The van der Waals surface area contributed by atoms with E-state index in [0.717, 1.165) is 38.5 Å². The van der Waals surface area contributed by atoms with Crippen LogP contribution in [0.4, 0.5) is 0 Å². The number of aliphatic hydroxyl groups is 1. The Morgan fingerprint density at radius 2 is 2.16 bits per heavy atom. The zero-order chi connectivity index (χ0) is 17.8. The number of nitrogens with zero attached hydrogens (tertiary/aromatic N) is 1. The van der Waals surface area contributed by atoms with Crippen LogP contribution in [0.15, 0.2) is 21.8 Å². The lowest BCUT2D eigenvalue weighted by atomic mass is 9.48. The molecule has 4 heteroatoms. The number of allylic oxidation sites excluding steroid dienone is 1. The van der Waals surface area contributed by atoms with Crippen molar-refractivity contribution in [2.75, 3.05) is 0 Å². The van der Waals surface area contributed by atoms with Gasteiger partial charge in [0.25, 0.3) is 0 Å². The molecule has 4 aliphatic rings. The predicted octanol–water partition coefficient (Wildman–Crippen LogP) is 4.56. The summed E-state index contributed by atoms with van der Waals surface area (Å²) in [6.45, 7) is 2.25. The number of carbonyl (C=O) groups is 1. The first-order chi connectivity index (χ1) is 11.9. The van der Waals surface area contributed by atoms with E-state index in [2.05, 4.69) is 35.6 Å². The first-order valence-electron chi connectivity index (χ1n) is 9.57. The number of halogens is 1. The van der Waals surface area contributed by atoms with Crippen LogP contribution in [0.25, 0.3) is 0 Å². The molecular formula is C21H26INO2. The van der Waals surface area contributed by atoms with Crippen LogP contribution >= 0.6 is 22.6 Å². The van der Waals surface area contributed by atoms with Gasteiger partial charge in [0.1, 0.15) is 0 Å². The fourth-order valence-electron chi connectivity index (χ4n) is 6.79. The van der Waals surface area contributed by atoms with Gasteiger partial charge in [-0.15, -0.1) is 0 Å². The molecule has 3 saturated carbocycles. The molecule has 0 amide bonds. The normalized spacial score (nSPS) is 49.1. The summed E-state index contributed by atoms with van der Waals surface area (Å²) in [4.78, 5) is 11.9. The number of rotatable bonds is 1. The van der Waals surface area contributed by atoms with Crippen LogP contribution < -0.4 is 0 Å². The average molecular weight is 451 g/mol. The van der Waals surface area contributed by atoms with Gasteiger partial charge in [-0.1, -0.05) is 35.1 Å². The Morgan fingerprint density at radius 3 is 2.88 bits per heavy atom. The van der Waals surface area contributed by atoms with Crippen molar-refractivity contribution in [3.8, 4) is 6.07 Å². The molecule has 0 aliphatic heterocycles. The summed E-state index contributed by atoms with van der Waals surface area (Å²) in [7, 11) is 0. The Morgan fingerprint density at radius 1 is 1.36 bits per heavy atom. The molecule has 1 N–H and O–H groups in total. The predicted molar refractivity (Wildman–Crippen MR) is 105 cm³/mol. The summed E-state index contributed by atoms with van der Waals surface area (Å²) in [5.74, 6) is 2.02. The van der Waals surface area contributed by atoms with E-state index in [4.69, 9.17) is 0 Å². The third kappa shape index (κ3) is 2.49. The van der Waals surface area contributed by atoms with Crippen LogP contribution in [0, 0.1) is 46.3 Å². The lowest BCUT2D eigenvalue weighted by Crippen LogP contribution is -2.54. The number of hydrogen-bond acceptors (Lipinski definition) is 3. The van der Waals surface area contributed by atoms with Crippen LogP contribution in [0.3, 0.4) is 0 Å². The van der Waals surface area contributed by atoms with Crippen LogP contribution in [-0.2, 0) is 4.79 Å². The van der Waals surface area contributed by atoms with Gasteiger partial charge in [0.05, 0.1) is 17.6 Å². The Kier molecular flexibility index (Phi) is 4.39. The highest BCUT2D eigenvalue weighted by molar-refractivity contribution is 14.1. The van der Waals surface area contributed by atoms with Crippen molar-refractivity contribution in [2.45, 2.75) is 57.5 Å². The molecule has 0 aromatic carbocycles. The Hall–Kier alpha value is -0.670. The highest BCUT2D eigenvalue weighted by Crippen LogP contribution is 2.66. The third-order valence-corrected chi connectivity index (χ3v) is 8.43. The van der Waals surface area contributed by atoms with E-state index < -0.39 is 5.60 Å². The summed E-state index contributed by atoms with van der Waals surface area (Å²) in [5.41, 5.74) is 0.382. The molecular weight excluding hydrogens is 425 g/mol. The highest BCUT2D eigenvalue weighted by Gasteiger charge is 2.63. The molecule has 0 spiro atoms. The van der Waals surface area contributed by atoms with E-state index in [1.807, 2.05) is 16.2 Å². The van der Waals surface area contributed by atoms with Crippen LogP contribution in [0.2, 0.25) is 0 Å². The topological polar surface area (TPSA) is 61.1 Å². The molecule has 4 unspecified atom stereocenters. The average Bonchev–Trinajstić information content (AvgIpc) is 2.85. The maximum atomic E-state index is 11.9. The molecule has 134 valence electrons. The van der Waals surface area contributed by atoms with E-state index in [1.54, 1.807) is 0 Å². The summed E-state index contributed by atoms with van der Waals surface area (Å²) in [6, 6.07) is 2.59. The minimum Gasteiger partial charge on any atom is -0.385 e. The van der Waals surface area contributed by atoms with Crippen molar-refractivity contribution in [2.24, 2.45) is 35.0 Å². The molecule has 3 fully saturated rings. The molecule has 0 radical (unpaired) electrons. The lowest BCUT2D eigenvalue weighted by Gasteiger charge is -2.56. The summed E-state index contributed by atoms with van der Waals surface area (Å²) in [5, 5.41) is 21.2. The smallest absolute Gasteiger partial charge is 0.155 e. The van der Waals surface area contributed by atoms with Crippen molar-refractivity contribution < 1.29 is 9.90 Å². The minimum atomic E-state index is -0.734. The van der Waals surface area contributed by atoms with Crippen molar-refractivity contribution in [3.63, 3.8) is 0 Å². The van der Waals surface area contributed by atoms with Gasteiger partial charge in [0.15, 0.2) is 5.78 Å². The molecule has 4 aliphatic carbocycles. The quantitative estimate of drug-likeness (QED) is 0.595. The SMILES string of the molecule is C[C@]12CCC3C4CCC(=O)C=C4C[C@@H](C#N)C3C1CC[C@@]2(O)/C=C\I. The van der Waals surface area contributed by atoms with Gasteiger partial charge in [-0.2, -0.15) is 5.26 Å². The van der Waals surface area contributed by atoms with Gasteiger partial charge >= 0.3 is 0 Å². The largest absolute Gasteiger partial charge is 0.385 e. The zero-order valence-corrected chi connectivity index (χ0v) is 16.9. The van der Waals surface area contributed by atoms with Gasteiger partial charge in [0.2, 0.25) is 0 Å². The molecule has 3 nitrogen and oxygen atoms in total. The van der Waals surface area contributed by atoms with Gasteiger partial charge in [-0.3, -0.25) is 4.79 Å². The Balaban J connectivity index is 1.72. The molecule has 25 heavy (non-hydrogen) atoms. The minimum absolute atomic E-state index is 0.00560. The van der Waals surface area contributed by atoms with Crippen LogP contribution in [-0.4, -0.2) is 16.5 Å². The van der Waals surface area contributed by atoms with E-state index in [9.17, 15) is 15.2 Å². The van der Waals surface area contributed by atoms with E-state index >= 15 is 0 Å². The molecule has 0 saturated heterocycles. The molecule has 7 atom stereocenters. The first kappa shape index (κ1) is 17.7. The number of hydrogen-bond donors (Lipinski definition) is 1. The lowest BCUT2D eigenvalue weighted by molar-refractivity contribution is -0.117. The summed E-state index contributed by atoms with van der Waals surface area (Å²) >= 11 is 2.20. The highest BCUT2D eigenvalue weighted by atomic mass is 127. The summed E-state index contributed by atoms with van der Waals surface area (Å²) in [6.07, 6.45) is 10.1. The maximum Gasteiger partial charge on any atom is 0.155 e. The standard InChI is InChI=1S/C21H26INO2/c1-20-6-4-17-16-3-2-15(24)11-13(16)10-14(12-23)19(17)18(20)5-7-21(20,25)8-9-22/h8-9,11,14,16-19,25H,2-7,10H2,1H3/b9-8-/t14-,16?,17?,18?,19?,20-,21+/m0/s1. The third-order valence-electron chi connectivity index (χ3n) is 8.07. The number of ketones is 1. The Bertz CT molecular complexity index is 692. The second-order valence-electron chi connectivity index (χ2n) is 8.83. The van der Waals surface area contributed by atoms with Crippen molar-refractivity contribution in [3.05, 3.63) is 21.8 Å². The van der Waals surface area contributed by atoms with Gasteiger partial charge in [0, 0.05) is 11.8 Å². The van der Waals surface area contributed by atoms with E-state index in [0.29, 0.717) is 30.1 Å². The summed E-state index contributed by atoms with van der Waals surface area (Å²) < 4.78 is 1.95. The zero-order valence-electron chi connectivity index (χ0n) is 14.7. The fraction of sp³-hybridized carbons (Fsp3) is 0.714. The van der Waals surface area contributed by atoms with Crippen molar-refractivity contribution in [1.82, 2.24) is 0 Å². The van der Waals surface area contributed by atoms with Crippen molar-refractivity contribution >= 4 is 28.4 Å². The Labute approximate surface area is 163 Å².